The van der Waals surface area contributed by atoms with E-state index in [-0.39, 0.29) is 12.3 Å². The van der Waals surface area contributed by atoms with Crippen LogP contribution in [0, 0.1) is 0 Å². The molecule has 1 saturated heterocycles. The fourth-order valence-corrected chi connectivity index (χ4v) is 4.43. The highest BCUT2D eigenvalue weighted by molar-refractivity contribution is 8.18. The van der Waals surface area contributed by atoms with E-state index in [1.165, 1.54) is 11.8 Å². The van der Waals surface area contributed by atoms with Gasteiger partial charge in [-0.15, -0.1) is 0 Å². The lowest BCUT2D eigenvalue weighted by atomic mass is 9.97. The number of thioether (sulfide) groups is 1. The van der Waals surface area contributed by atoms with Crippen LogP contribution >= 0.6 is 11.8 Å². The second-order valence-electron chi connectivity index (χ2n) is 7.65. The van der Waals surface area contributed by atoms with Gasteiger partial charge >= 0.3 is 5.97 Å². The summed E-state index contributed by atoms with van der Waals surface area (Å²) in [6, 6.07) is 17.0. The molecule has 0 atom stereocenters. The molecule has 1 heterocycles. The zero-order valence-electron chi connectivity index (χ0n) is 17.5. The zero-order chi connectivity index (χ0) is 22.3. The maximum Gasteiger partial charge on any atom is 0.307 e. The molecule has 2 aromatic rings. The zero-order valence-corrected chi connectivity index (χ0v) is 18.4. The van der Waals surface area contributed by atoms with Crippen molar-refractivity contribution in [1.82, 2.24) is 5.32 Å². The van der Waals surface area contributed by atoms with Crippen molar-refractivity contribution in [3.05, 3.63) is 88.0 Å². The van der Waals surface area contributed by atoms with Gasteiger partial charge in [-0.2, -0.15) is 0 Å². The Morgan fingerprint density at radius 1 is 1.06 bits per heavy atom. The highest BCUT2D eigenvalue weighted by atomic mass is 32.2. The number of carboxylic acids is 1. The Bertz CT molecular complexity index is 1090. The molecule has 2 aliphatic rings. The van der Waals surface area contributed by atoms with Crippen LogP contribution in [0.3, 0.4) is 0 Å². The van der Waals surface area contributed by atoms with Crippen LogP contribution in [0.5, 0.6) is 0 Å². The molecule has 1 aliphatic carbocycles. The molecule has 7 heteroatoms. The van der Waals surface area contributed by atoms with Gasteiger partial charge in [0.05, 0.1) is 22.8 Å². The largest absolute Gasteiger partial charge is 0.493 e. The van der Waals surface area contributed by atoms with Crippen molar-refractivity contribution in [3.63, 3.8) is 0 Å². The number of amidine groups is 1. The quantitative estimate of drug-likeness (QED) is 0.576. The van der Waals surface area contributed by atoms with Crippen LogP contribution in [0.15, 0.2) is 81.9 Å². The van der Waals surface area contributed by atoms with Crippen LogP contribution in [0.25, 0.3) is 0 Å². The lowest BCUT2D eigenvalue weighted by Gasteiger charge is -2.19. The minimum absolute atomic E-state index is 0.0288. The number of nitrogens with zero attached hydrogens (tertiary/aromatic N) is 1. The number of aliphatic carboxylic acids is 1. The predicted molar refractivity (Wildman–Crippen MR) is 125 cm³/mol. The van der Waals surface area contributed by atoms with Crippen LogP contribution in [0.2, 0.25) is 0 Å². The summed E-state index contributed by atoms with van der Waals surface area (Å²) in [6.07, 6.45) is 5.83. The number of allylic oxidation sites excluding steroid dienone is 3. The van der Waals surface area contributed by atoms with E-state index in [0.29, 0.717) is 27.9 Å². The number of hydrogen-bond donors (Lipinski definition) is 2. The van der Waals surface area contributed by atoms with Gasteiger partial charge in [0.2, 0.25) is 0 Å². The van der Waals surface area contributed by atoms with Crippen molar-refractivity contribution in [2.24, 2.45) is 4.99 Å². The fraction of sp³-hybridized carbons (Fsp3) is 0.240. The molecule has 1 amide bonds. The van der Waals surface area contributed by atoms with E-state index < -0.39 is 5.97 Å². The van der Waals surface area contributed by atoms with E-state index in [9.17, 15) is 9.59 Å². The number of carbonyl (C=O) groups is 2. The molecule has 164 valence electrons. The first-order chi connectivity index (χ1) is 15.6. The Kier molecular flexibility index (Phi) is 7.07. The summed E-state index contributed by atoms with van der Waals surface area (Å²) < 4.78 is 6.11. The average molecular weight is 449 g/mol. The third-order valence-electron chi connectivity index (χ3n) is 5.19. The van der Waals surface area contributed by atoms with Crippen LogP contribution in [0.4, 0.5) is 5.69 Å². The maximum absolute atomic E-state index is 12.5. The van der Waals surface area contributed by atoms with Gasteiger partial charge in [0.25, 0.3) is 5.91 Å². The first kappa shape index (κ1) is 21.9. The third-order valence-corrected chi connectivity index (χ3v) is 6.10. The molecule has 1 aliphatic heterocycles. The molecule has 0 bridgehead atoms. The molecule has 0 unspecified atom stereocenters. The predicted octanol–water partition coefficient (Wildman–Crippen LogP) is 5.09. The summed E-state index contributed by atoms with van der Waals surface area (Å²) in [5.74, 6) is -0.0845. The molecule has 0 spiro atoms. The van der Waals surface area contributed by atoms with E-state index in [0.717, 1.165) is 42.6 Å². The highest BCUT2D eigenvalue weighted by Crippen LogP contribution is 2.33. The molecule has 1 fully saturated rings. The van der Waals surface area contributed by atoms with Crippen LogP contribution in [-0.2, 0) is 27.4 Å². The van der Waals surface area contributed by atoms with E-state index in [1.807, 2.05) is 36.4 Å². The first-order valence-corrected chi connectivity index (χ1v) is 11.4. The van der Waals surface area contributed by atoms with Gasteiger partial charge in [0.1, 0.15) is 6.61 Å². The Balaban J connectivity index is 1.47. The van der Waals surface area contributed by atoms with Crippen LogP contribution < -0.4 is 5.32 Å². The van der Waals surface area contributed by atoms with Crippen molar-refractivity contribution in [2.45, 2.75) is 38.7 Å². The standard InChI is InChI=1S/C25H24N2O4S/c28-23(29)14-17-10-12-20(13-11-17)26-25-27-24(30)22(32-25)15-19-8-4-5-9-21(19)31-16-18-6-2-1-3-7-18/h1-3,6-7,10-13,15H,4-5,8-9,14,16H2,(H,28,29)(H,26,27,30)/b22-15+. The smallest absolute Gasteiger partial charge is 0.307 e. The molecule has 0 aromatic heterocycles. The van der Waals surface area contributed by atoms with Gasteiger partial charge in [-0.25, -0.2) is 4.99 Å². The number of amides is 1. The first-order valence-electron chi connectivity index (χ1n) is 10.6. The highest BCUT2D eigenvalue weighted by Gasteiger charge is 2.25. The number of benzene rings is 2. The molecule has 0 radical (unpaired) electrons. The second kappa shape index (κ2) is 10.3. The van der Waals surface area contributed by atoms with Gasteiger partial charge in [-0.1, -0.05) is 42.5 Å². The van der Waals surface area contributed by atoms with Crippen molar-refractivity contribution in [2.75, 3.05) is 0 Å². The number of nitrogens with one attached hydrogen (secondary N) is 1. The number of hydrogen-bond acceptors (Lipinski definition) is 5. The van der Waals surface area contributed by atoms with Gasteiger partial charge in [-0.3, -0.25) is 9.59 Å². The summed E-state index contributed by atoms with van der Waals surface area (Å²) in [6.45, 7) is 0.521. The summed E-state index contributed by atoms with van der Waals surface area (Å²) in [5, 5.41) is 12.2. The number of aliphatic imine (C=N–C) groups is 1. The number of carboxylic acid groups (broad SMARTS) is 1. The summed E-state index contributed by atoms with van der Waals surface area (Å²) in [7, 11) is 0. The van der Waals surface area contributed by atoms with Crippen LogP contribution in [-0.4, -0.2) is 22.2 Å². The molecule has 4 rings (SSSR count). The summed E-state index contributed by atoms with van der Waals surface area (Å²) in [5.41, 5.74) is 3.56. The average Bonchev–Trinajstić information content (AvgIpc) is 3.13. The molecule has 2 N–H and O–H groups in total. The topological polar surface area (TPSA) is 88.0 Å². The second-order valence-corrected chi connectivity index (χ2v) is 8.68. The molecule has 32 heavy (non-hydrogen) atoms. The Morgan fingerprint density at radius 2 is 1.81 bits per heavy atom. The minimum atomic E-state index is -0.874. The Morgan fingerprint density at radius 3 is 2.56 bits per heavy atom. The lowest BCUT2D eigenvalue weighted by Crippen LogP contribution is -2.19. The molecular formula is C25H24N2O4S. The number of rotatable bonds is 7. The van der Waals surface area contributed by atoms with E-state index in [4.69, 9.17) is 9.84 Å². The molecule has 0 saturated carbocycles. The van der Waals surface area contributed by atoms with Gasteiger partial charge in [0.15, 0.2) is 5.17 Å². The Hall–Kier alpha value is -3.32. The normalized spacial score (nSPS) is 18.8. The lowest BCUT2D eigenvalue weighted by molar-refractivity contribution is -0.136. The monoisotopic (exact) mass is 448 g/mol. The maximum atomic E-state index is 12.5. The van der Waals surface area contributed by atoms with E-state index >= 15 is 0 Å². The van der Waals surface area contributed by atoms with Gasteiger partial charge < -0.3 is 15.2 Å². The van der Waals surface area contributed by atoms with Crippen molar-refractivity contribution in [1.29, 1.82) is 0 Å². The van der Waals surface area contributed by atoms with Crippen molar-refractivity contribution < 1.29 is 19.4 Å². The summed E-state index contributed by atoms with van der Waals surface area (Å²) in [4.78, 5) is 28.4. The van der Waals surface area contributed by atoms with E-state index in [2.05, 4.69) is 10.3 Å². The SMILES string of the molecule is O=C(O)Cc1ccc(N=C2NC(=O)/C(=C\C3=C(OCc4ccccc4)CCCC3)S2)cc1. The Labute approximate surface area is 191 Å². The number of carbonyl (C=O) groups excluding carboxylic acids is 1. The van der Waals surface area contributed by atoms with E-state index in [1.54, 1.807) is 24.3 Å². The third kappa shape index (κ3) is 5.88. The van der Waals surface area contributed by atoms with Crippen molar-refractivity contribution >= 4 is 34.5 Å². The van der Waals surface area contributed by atoms with Crippen LogP contribution in [0.1, 0.15) is 36.8 Å². The molecular weight excluding hydrogens is 424 g/mol. The van der Waals surface area contributed by atoms with Crippen molar-refractivity contribution in [3.8, 4) is 0 Å². The molecule has 2 aromatic carbocycles. The van der Waals surface area contributed by atoms with Gasteiger partial charge in [-0.05, 0) is 65.9 Å². The minimum Gasteiger partial charge on any atom is -0.493 e. The number of ether oxygens (including phenoxy) is 1. The fourth-order valence-electron chi connectivity index (χ4n) is 3.58. The summed E-state index contributed by atoms with van der Waals surface area (Å²) >= 11 is 1.31. The van der Waals surface area contributed by atoms with Gasteiger partial charge in [0, 0.05) is 6.42 Å². The molecule has 6 nitrogen and oxygen atoms in total.